The van der Waals surface area contributed by atoms with Crippen LogP contribution in [0, 0.1) is 0 Å². The van der Waals surface area contributed by atoms with E-state index in [1.165, 1.54) is 0 Å². The Bertz CT molecular complexity index is 379. The number of hydrogen-bond acceptors (Lipinski definition) is 3. The fourth-order valence-corrected chi connectivity index (χ4v) is 0.998. The molecular weight excluding hydrogens is 352 g/mol. The molecule has 0 heterocycles. The third-order valence-electron chi connectivity index (χ3n) is 2.16. The molecule has 0 aromatic heterocycles. The van der Waals surface area contributed by atoms with Crippen LogP contribution in [0.4, 0.5) is 48.3 Å². The first-order chi connectivity index (χ1) is 9.37. The second-order valence-electron chi connectivity index (χ2n) is 3.94. The van der Waals surface area contributed by atoms with Crippen LogP contribution in [0.1, 0.15) is 6.42 Å². The Morgan fingerprint density at radius 2 is 1.14 bits per heavy atom. The Kier molecular flexibility index (Phi) is 5.77. The summed E-state index contributed by atoms with van der Waals surface area (Å²) in [5.41, 5.74) is 0. The van der Waals surface area contributed by atoms with Crippen molar-refractivity contribution in [2.75, 3.05) is 0 Å². The molecule has 0 bridgehead atoms. The highest BCUT2D eigenvalue weighted by Crippen LogP contribution is 2.51. The molecule has 132 valence electrons. The molecule has 3 nitrogen and oxygen atoms in total. The molecule has 0 aliphatic heterocycles. The van der Waals surface area contributed by atoms with Gasteiger partial charge in [-0.1, -0.05) is 0 Å². The smallest absolute Gasteiger partial charge is 0.427 e. The van der Waals surface area contributed by atoms with Gasteiger partial charge in [-0.3, -0.25) is 4.74 Å². The van der Waals surface area contributed by atoms with Crippen LogP contribution in [-0.2, 0) is 4.74 Å². The second-order valence-corrected chi connectivity index (χ2v) is 3.94. The summed E-state index contributed by atoms with van der Waals surface area (Å²) in [5, 5.41) is 16.4. The Labute approximate surface area is 114 Å². The normalized spacial score (nSPS) is 17.3. The maximum Gasteiger partial charge on any atom is 0.462 e. The van der Waals surface area contributed by atoms with Crippen molar-refractivity contribution in [1.82, 2.24) is 0 Å². The number of hydrogen-bond donors (Lipinski definition) is 2. The van der Waals surface area contributed by atoms with E-state index in [1.807, 2.05) is 0 Å². The van der Waals surface area contributed by atoms with Crippen LogP contribution in [0.2, 0.25) is 6.32 Å². The maximum atomic E-state index is 13.3. The molecule has 0 saturated carbocycles. The molecule has 1 unspecified atom stereocenters. The maximum absolute atomic E-state index is 13.3. The summed E-state index contributed by atoms with van der Waals surface area (Å²) in [6.45, 7) is 0. The molecule has 22 heavy (non-hydrogen) atoms. The molecule has 0 amide bonds. The summed E-state index contributed by atoms with van der Waals surface area (Å²) in [6, 6.07) is 0. The largest absolute Gasteiger partial charge is 0.462 e. The molecule has 0 fully saturated rings. The van der Waals surface area contributed by atoms with Crippen molar-refractivity contribution < 1.29 is 63.1 Å². The fourth-order valence-electron chi connectivity index (χ4n) is 0.998. The van der Waals surface area contributed by atoms with Gasteiger partial charge in [-0.15, -0.1) is 0 Å². The highest BCUT2D eigenvalue weighted by Gasteiger charge is 2.78. The Morgan fingerprint density at radius 3 is 1.41 bits per heavy atom. The van der Waals surface area contributed by atoms with Crippen LogP contribution in [0.3, 0.4) is 0 Å². The Hall–Kier alpha value is -0.825. The first kappa shape index (κ1) is 21.2. The number of ether oxygens (including phenoxy) is 1. The van der Waals surface area contributed by atoms with Gasteiger partial charge in [-0.2, -0.15) is 43.9 Å². The second kappa shape index (κ2) is 6.00. The minimum atomic E-state index is -7.12. The van der Waals surface area contributed by atoms with E-state index in [0.717, 1.165) is 0 Å². The summed E-state index contributed by atoms with van der Waals surface area (Å²) in [6.07, 6.45) is -24.4. The molecule has 0 saturated heterocycles. The minimum Gasteiger partial charge on any atom is -0.427 e. The van der Waals surface area contributed by atoms with Gasteiger partial charge in [-0.05, 0) is 6.32 Å². The Balaban J connectivity index is 5.57. The molecule has 0 aliphatic carbocycles. The van der Waals surface area contributed by atoms with Crippen LogP contribution in [0.25, 0.3) is 0 Å². The lowest BCUT2D eigenvalue weighted by molar-refractivity contribution is -0.483. The zero-order valence-electron chi connectivity index (χ0n) is 9.95. The summed E-state index contributed by atoms with van der Waals surface area (Å²) in [4.78, 5) is 0. The summed E-state index contributed by atoms with van der Waals surface area (Å²) >= 11 is 0. The number of halogens is 11. The molecule has 0 radical (unpaired) electrons. The molecular formula is C7H6BF11O3. The number of alkyl halides is 11. The topological polar surface area (TPSA) is 49.7 Å². The van der Waals surface area contributed by atoms with Gasteiger partial charge in [-0.25, -0.2) is 4.39 Å². The van der Waals surface area contributed by atoms with Crippen molar-refractivity contribution in [1.29, 1.82) is 0 Å². The van der Waals surface area contributed by atoms with E-state index in [4.69, 9.17) is 10.0 Å². The van der Waals surface area contributed by atoms with E-state index in [1.54, 1.807) is 0 Å². The first-order valence-electron chi connectivity index (χ1n) is 5.02. The molecule has 1 atom stereocenters. The lowest BCUT2D eigenvalue weighted by Gasteiger charge is -2.35. The van der Waals surface area contributed by atoms with Crippen molar-refractivity contribution in [2.24, 2.45) is 0 Å². The van der Waals surface area contributed by atoms with Crippen LogP contribution >= 0.6 is 0 Å². The van der Waals surface area contributed by atoms with E-state index < -0.39 is 50.1 Å². The SMILES string of the molecule is OB(O)CCC(F)(OC(F)(F)C(F)(F)C(F)(F)F)C(F)(F)F. The number of rotatable bonds is 6. The van der Waals surface area contributed by atoms with Gasteiger partial charge >= 0.3 is 37.4 Å². The van der Waals surface area contributed by atoms with Crippen molar-refractivity contribution in [3.8, 4) is 0 Å². The quantitative estimate of drug-likeness (QED) is 0.567. The zero-order valence-corrected chi connectivity index (χ0v) is 9.95. The highest BCUT2D eigenvalue weighted by atomic mass is 19.4. The van der Waals surface area contributed by atoms with Crippen LogP contribution in [0.15, 0.2) is 0 Å². The van der Waals surface area contributed by atoms with Gasteiger partial charge in [0.05, 0.1) is 0 Å². The summed E-state index contributed by atoms with van der Waals surface area (Å²) in [7, 11) is -2.68. The van der Waals surface area contributed by atoms with E-state index in [-0.39, 0.29) is 0 Å². The van der Waals surface area contributed by atoms with Crippen molar-refractivity contribution >= 4 is 7.12 Å². The van der Waals surface area contributed by atoms with E-state index in [0.29, 0.717) is 0 Å². The van der Waals surface area contributed by atoms with Gasteiger partial charge < -0.3 is 10.0 Å². The molecule has 0 aromatic rings. The molecule has 0 rings (SSSR count). The molecule has 0 aromatic carbocycles. The van der Waals surface area contributed by atoms with Crippen molar-refractivity contribution in [3.05, 3.63) is 0 Å². The van der Waals surface area contributed by atoms with Gasteiger partial charge in [0.25, 0.3) is 0 Å². The third kappa shape index (κ3) is 4.35. The first-order valence-corrected chi connectivity index (χ1v) is 5.02. The lowest BCUT2D eigenvalue weighted by Crippen LogP contribution is -2.59. The highest BCUT2D eigenvalue weighted by molar-refractivity contribution is 6.40. The van der Waals surface area contributed by atoms with Gasteiger partial charge in [0.2, 0.25) is 0 Å². The molecule has 15 heteroatoms. The monoisotopic (exact) mass is 358 g/mol. The predicted molar refractivity (Wildman–Crippen MR) is 46.5 cm³/mol. The average Bonchev–Trinajstić information content (AvgIpc) is 2.22. The van der Waals surface area contributed by atoms with E-state index >= 15 is 0 Å². The van der Waals surface area contributed by atoms with Crippen LogP contribution < -0.4 is 0 Å². The summed E-state index contributed by atoms with van der Waals surface area (Å²) in [5.74, 6) is -12.8. The van der Waals surface area contributed by atoms with Crippen LogP contribution in [0.5, 0.6) is 0 Å². The van der Waals surface area contributed by atoms with Gasteiger partial charge in [0.1, 0.15) is 0 Å². The molecule has 0 aliphatic rings. The zero-order chi connectivity index (χ0) is 18.2. The van der Waals surface area contributed by atoms with E-state index in [9.17, 15) is 48.3 Å². The minimum absolute atomic E-state index is 1.64. The summed E-state index contributed by atoms with van der Waals surface area (Å²) < 4.78 is 138. The molecule has 2 N–H and O–H groups in total. The van der Waals surface area contributed by atoms with Crippen LogP contribution in [-0.4, -0.2) is 47.4 Å². The lowest BCUT2D eigenvalue weighted by atomic mass is 9.82. The standard InChI is InChI=1S/C7H6BF11O3/c9-3(5(12,13)14,1-2-8(20)21)22-7(18,19)4(10,11)6(15,16)17/h20-21H,1-2H2. The van der Waals surface area contributed by atoms with Crippen molar-refractivity contribution in [2.45, 2.75) is 43.0 Å². The third-order valence-corrected chi connectivity index (χ3v) is 2.16. The molecule has 0 spiro atoms. The Morgan fingerprint density at radius 1 is 0.727 bits per heavy atom. The van der Waals surface area contributed by atoms with Gasteiger partial charge in [0.15, 0.2) is 0 Å². The van der Waals surface area contributed by atoms with Crippen molar-refractivity contribution in [3.63, 3.8) is 0 Å². The fraction of sp³-hybridized carbons (Fsp3) is 1.00. The average molecular weight is 358 g/mol. The van der Waals surface area contributed by atoms with Gasteiger partial charge in [0, 0.05) is 6.42 Å². The predicted octanol–water partition coefficient (Wildman–Crippen LogP) is 2.88. The van der Waals surface area contributed by atoms with E-state index in [2.05, 4.69) is 4.74 Å².